The van der Waals surface area contributed by atoms with Gasteiger partial charge in [0.05, 0.1) is 4.90 Å². The van der Waals surface area contributed by atoms with Gasteiger partial charge in [0.2, 0.25) is 10.0 Å². The molecule has 0 unspecified atom stereocenters. The maximum absolute atomic E-state index is 12.2. The Hall–Kier alpha value is -1.11. The summed E-state index contributed by atoms with van der Waals surface area (Å²) in [6, 6.07) is 3.58. The average Bonchev–Trinajstić information content (AvgIpc) is 2.98. The number of aryl methyl sites for hydroxylation is 2. The minimum absolute atomic E-state index is 0.117. The second-order valence-electron chi connectivity index (χ2n) is 4.48. The van der Waals surface area contributed by atoms with Crippen molar-refractivity contribution in [2.45, 2.75) is 37.6 Å². The van der Waals surface area contributed by atoms with Crippen LogP contribution in [-0.4, -0.2) is 14.5 Å². The first-order valence-corrected chi connectivity index (χ1v) is 7.02. The number of hydrogen-bond acceptors (Lipinski definition) is 4. The Kier molecular flexibility index (Phi) is 3.11. The highest BCUT2D eigenvalue weighted by molar-refractivity contribution is 7.89. The number of hydrazine groups is 1. The van der Waals surface area contributed by atoms with E-state index in [1.54, 1.807) is 26.0 Å². The molecular weight excluding hydrogens is 238 g/mol. The van der Waals surface area contributed by atoms with Gasteiger partial charge in [-0.15, -0.1) is 0 Å². The summed E-state index contributed by atoms with van der Waals surface area (Å²) in [6.07, 6.45) is 1.86. The number of benzene rings is 1. The Morgan fingerprint density at radius 3 is 2.18 bits per heavy atom. The molecule has 5 nitrogen and oxygen atoms in total. The molecule has 0 bridgehead atoms. The highest BCUT2D eigenvalue weighted by Gasteiger charge is 2.29. The van der Waals surface area contributed by atoms with Gasteiger partial charge in [-0.05, 0) is 49.9 Å². The van der Waals surface area contributed by atoms with E-state index in [2.05, 4.69) is 10.1 Å². The molecule has 0 heterocycles. The smallest absolute Gasteiger partial charge is 0.241 e. The fourth-order valence-corrected chi connectivity index (χ4v) is 3.70. The summed E-state index contributed by atoms with van der Waals surface area (Å²) in [7, 11) is -3.40. The lowest BCUT2D eigenvalue weighted by atomic mass is 10.1. The molecule has 0 aliphatic heterocycles. The average molecular weight is 255 g/mol. The minimum Gasteiger partial charge on any atom is -0.324 e. The summed E-state index contributed by atoms with van der Waals surface area (Å²) in [5, 5.41) is 0. The number of sulfonamides is 1. The van der Waals surface area contributed by atoms with Crippen molar-refractivity contribution in [2.75, 3.05) is 5.43 Å². The first-order valence-electron chi connectivity index (χ1n) is 5.54. The normalized spacial score (nSPS) is 15.9. The van der Waals surface area contributed by atoms with Gasteiger partial charge in [0, 0.05) is 11.7 Å². The molecule has 1 aromatic rings. The first kappa shape index (κ1) is 12.3. The summed E-state index contributed by atoms with van der Waals surface area (Å²) in [5.41, 5.74) is 4.64. The summed E-state index contributed by atoms with van der Waals surface area (Å²) < 4.78 is 27.0. The Labute approximate surface area is 101 Å². The molecule has 0 radical (unpaired) electrons. The van der Waals surface area contributed by atoms with E-state index in [0.29, 0.717) is 21.7 Å². The molecule has 17 heavy (non-hydrogen) atoms. The third-order valence-corrected chi connectivity index (χ3v) is 4.62. The van der Waals surface area contributed by atoms with Gasteiger partial charge in [-0.2, -0.15) is 0 Å². The number of rotatable bonds is 4. The van der Waals surface area contributed by atoms with Gasteiger partial charge in [-0.1, -0.05) is 0 Å². The van der Waals surface area contributed by atoms with Gasteiger partial charge in [-0.3, -0.25) is 5.84 Å². The van der Waals surface area contributed by atoms with Crippen LogP contribution >= 0.6 is 0 Å². The highest BCUT2D eigenvalue weighted by Crippen LogP contribution is 2.27. The molecule has 1 saturated carbocycles. The molecule has 1 aliphatic carbocycles. The molecule has 0 amide bonds. The van der Waals surface area contributed by atoms with Crippen molar-refractivity contribution >= 4 is 15.7 Å². The maximum atomic E-state index is 12.2. The van der Waals surface area contributed by atoms with Crippen LogP contribution in [0.2, 0.25) is 0 Å². The van der Waals surface area contributed by atoms with E-state index < -0.39 is 10.0 Å². The number of nitrogens with two attached hydrogens (primary N) is 1. The van der Waals surface area contributed by atoms with E-state index in [1.807, 2.05) is 0 Å². The predicted octanol–water partition coefficient (Wildman–Crippen LogP) is 1.03. The fourth-order valence-electron chi connectivity index (χ4n) is 1.94. The molecule has 1 aliphatic rings. The predicted molar refractivity (Wildman–Crippen MR) is 67.1 cm³/mol. The SMILES string of the molecule is Cc1cc(NN)cc(C)c1S(=O)(=O)NC1CC1. The fraction of sp³-hybridized carbons (Fsp3) is 0.455. The van der Waals surface area contributed by atoms with Crippen molar-refractivity contribution in [3.63, 3.8) is 0 Å². The van der Waals surface area contributed by atoms with Crippen LogP contribution in [0.5, 0.6) is 0 Å². The zero-order valence-electron chi connectivity index (χ0n) is 9.95. The van der Waals surface area contributed by atoms with Gasteiger partial charge < -0.3 is 5.43 Å². The third-order valence-electron chi connectivity index (χ3n) is 2.79. The highest BCUT2D eigenvalue weighted by atomic mass is 32.2. The summed E-state index contributed by atoms with van der Waals surface area (Å²) >= 11 is 0. The largest absolute Gasteiger partial charge is 0.324 e. The van der Waals surface area contributed by atoms with E-state index in [0.717, 1.165) is 12.8 Å². The van der Waals surface area contributed by atoms with Crippen molar-refractivity contribution in [1.29, 1.82) is 0 Å². The lowest BCUT2D eigenvalue weighted by Gasteiger charge is -2.13. The van der Waals surface area contributed by atoms with E-state index in [4.69, 9.17) is 5.84 Å². The lowest BCUT2D eigenvalue weighted by Crippen LogP contribution is -2.27. The van der Waals surface area contributed by atoms with E-state index in [1.165, 1.54) is 0 Å². The second-order valence-corrected chi connectivity index (χ2v) is 6.13. The Morgan fingerprint density at radius 2 is 1.76 bits per heavy atom. The van der Waals surface area contributed by atoms with Gasteiger partial charge in [-0.25, -0.2) is 13.1 Å². The second kappa shape index (κ2) is 4.29. The number of anilines is 1. The number of nitrogen functional groups attached to an aromatic ring is 1. The molecule has 1 fully saturated rings. The first-order chi connectivity index (χ1) is 7.94. The molecule has 0 aromatic heterocycles. The standard InChI is InChI=1S/C11H17N3O2S/c1-7-5-10(13-12)6-8(2)11(7)17(15,16)14-9-3-4-9/h5-6,9,13-14H,3-4,12H2,1-2H3. The Bertz CT molecular complexity index is 513. The van der Waals surface area contributed by atoms with Crippen LogP contribution in [0.3, 0.4) is 0 Å². The van der Waals surface area contributed by atoms with Gasteiger partial charge in [0.15, 0.2) is 0 Å². The molecule has 2 rings (SSSR count). The van der Waals surface area contributed by atoms with Gasteiger partial charge >= 0.3 is 0 Å². The molecule has 0 spiro atoms. The van der Waals surface area contributed by atoms with E-state index >= 15 is 0 Å². The van der Waals surface area contributed by atoms with E-state index in [-0.39, 0.29) is 6.04 Å². The quantitative estimate of drug-likeness (QED) is 0.554. The van der Waals surface area contributed by atoms with Crippen molar-refractivity contribution in [2.24, 2.45) is 5.84 Å². The summed E-state index contributed by atoms with van der Waals surface area (Å²) in [6.45, 7) is 3.55. The van der Waals surface area contributed by atoms with Crippen molar-refractivity contribution in [1.82, 2.24) is 4.72 Å². The molecule has 0 saturated heterocycles. The zero-order chi connectivity index (χ0) is 12.6. The van der Waals surface area contributed by atoms with Crippen molar-refractivity contribution in [3.8, 4) is 0 Å². The monoisotopic (exact) mass is 255 g/mol. The van der Waals surface area contributed by atoms with Crippen LogP contribution in [0.15, 0.2) is 17.0 Å². The van der Waals surface area contributed by atoms with Crippen LogP contribution in [0.25, 0.3) is 0 Å². The van der Waals surface area contributed by atoms with Gasteiger partial charge in [0.1, 0.15) is 0 Å². The van der Waals surface area contributed by atoms with E-state index in [9.17, 15) is 8.42 Å². The lowest BCUT2D eigenvalue weighted by molar-refractivity contribution is 0.580. The summed E-state index contributed by atoms with van der Waals surface area (Å²) in [5.74, 6) is 5.32. The van der Waals surface area contributed by atoms with Crippen molar-refractivity contribution < 1.29 is 8.42 Å². The minimum atomic E-state index is -3.40. The molecule has 0 atom stereocenters. The maximum Gasteiger partial charge on any atom is 0.241 e. The Morgan fingerprint density at radius 1 is 1.24 bits per heavy atom. The number of nitrogens with one attached hydrogen (secondary N) is 2. The molecular formula is C11H17N3O2S. The van der Waals surface area contributed by atoms with Crippen molar-refractivity contribution in [3.05, 3.63) is 23.3 Å². The van der Waals surface area contributed by atoms with Crippen LogP contribution in [-0.2, 0) is 10.0 Å². The third kappa shape index (κ3) is 2.59. The molecule has 94 valence electrons. The summed E-state index contributed by atoms with van der Waals surface area (Å²) in [4.78, 5) is 0.364. The Balaban J connectivity index is 2.43. The van der Waals surface area contributed by atoms with Crippen LogP contribution in [0, 0.1) is 13.8 Å². The molecule has 1 aromatic carbocycles. The number of hydrogen-bond donors (Lipinski definition) is 3. The van der Waals surface area contributed by atoms with Crippen LogP contribution in [0.4, 0.5) is 5.69 Å². The molecule has 6 heteroatoms. The molecule has 4 N–H and O–H groups in total. The van der Waals surface area contributed by atoms with Crippen LogP contribution < -0.4 is 16.0 Å². The topological polar surface area (TPSA) is 84.2 Å². The van der Waals surface area contributed by atoms with Gasteiger partial charge in [0.25, 0.3) is 0 Å². The van der Waals surface area contributed by atoms with Crippen LogP contribution in [0.1, 0.15) is 24.0 Å². The zero-order valence-corrected chi connectivity index (χ0v) is 10.8.